The Labute approximate surface area is 245 Å². The van der Waals surface area contributed by atoms with E-state index in [0.29, 0.717) is 25.7 Å². The van der Waals surface area contributed by atoms with Gasteiger partial charge in [-0.3, -0.25) is 0 Å². The highest BCUT2D eigenvalue weighted by Gasteiger charge is 2.70. The number of hydrogen-bond acceptors (Lipinski definition) is 9. The van der Waals surface area contributed by atoms with Crippen LogP contribution in [0.15, 0.2) is 0 Å². The lowest BCUT2D eigenvalue weighted by Gasteiger charge is -2.66. The van der Waals surface area contributed by atoms with Crippen molar-refractivity contribution >= 4 is 0 Å². The molecule has 5 fully saturated rings. The second kappa shape index (κ2) is 11.5. The maximum Gasteiger partial charge on any atom is 0.186 e. The lowest BCUT2D eigenvalue weighted by molar-refractivity contribution is -0.263. The van der Waals surface area contributed by atoms with Crippen molar-refractivity contribution in [2.45, 2.75) is 147 Å². The Kier molecular flexibility index (Phi) is 9.01. The molecule has 41 heavy (non-hydrogen) atoms. The fourth-order valence-corrected chi connectivity index (χ4v) is 10.7. The molecular weight excluding hydrogens is 528 g/mol. The minimum Gasteiger partial charge on any atom is -0.394 e. The summed E-state index contributed by atoms with van der Waals surface area (Å²) in [5, 5.41) is 75.7. The highest BCUT2D eigenvalue weighted by atomic mass is 16.7. The van der Waals surface area contributed by atoms with Crippen LogP contribution in [0.5, 0.6) is 0 Å². The van der Waals surface area contributed by atoms with Gasteiger partial charge in [-0.1, -0.05) is 34.6 Å². The van der Waals surface area contributed by atoms with Gasteiger partial charge in [-0.25, -0.2) is 0 Å². The molecule has 5 rings (SSSR count). The quantitative estimate of drug-likeness (QED) is 0.226. The fraction of sp³-hybridized carbons (Fsp3) is 1.00. The van der Waals surface area contributed by atoms with E-state index in [9.17, 15) is 35.7 Å². The van der Waals surface area contributed by atoms with Crippen LogP contribution < -0.4 is 0 Å². The van der Waals surface area contributed by atoms with Gasteiger partial charge < -0.3 is 45.2 Å². The first-order valence-electron chi connectivity index (χ1n) is 16.2. The lowest BCUT2D eigenvalue weighted by Crippen LogP contribution is -2.68. The van der Waals surface area contributed by atoms with Crippen LogP contribution >= 0.6 is 0 Å². The highest BCUT2D eigenvalue weighted by molar-refractivity contribution is 5.20. The van der Waals surface area contributed by atoms with Gasteiger partial charge in [-0.05, 0) is 91.8 Å². The lowest BCUT2D eigenvalue weighted by atomic mass is 9.42. The molecular formula is C32H56O9. The Balaban J connectivity index is 1.29. The summed E-state index contributed by atoms with van der Waals surface area (Å²) in [5.74, 6) is 0.243. The van der Waals surface area contributed by atoms with Gasteiger partial charge in [0.05, 0.1) is 36.6 Å². The van der Waals surface area contributed by atoms with Crippen molar-refractivity contribution in [3.63, 3.8) is 0 Å². The van der Waals surface area contributed by atoms with E-state index in [0.717, 1.165) is 25.7 Å². The zero-order valence-electron chi connectivity index (χ0n) is 25.6. The second-order valence-corrected chi connectivity index (χ2v) is 15.5. The summed E-state index contributed by atoms with van der Waals surface area (Å²) >= 11 is 0. The summed E-state index contributed by atoms with van der Waals surface area (Å²) in [5.41, 5.74) is -1.66. The molecule has 1 heterocycles. The van der Waals surface area contributed by atoms with Gasteiger partial charge in [0.2, 0.25) is 0 Å². The Bertz CT molecular complexity index is 918. The molecule has 16 atom stereocenters. The topological polar surface area (TPSA) is 160 Å². The summed E-state index contributed by atoms with van der Waals surface area (Å²) in [6.07, 6.45) is 0.0535. The summed E-state index contributed by atoms with van der Waals surface area (Å²) in [7, 11) is 0. The largest absolute Gasteiger partial charge is 0.394 e. The molecule has 0 aromatic carbocycles. The van der Waals surface area contributed by atoms with Crippen molar-refractivity contribution in [2.75, 3.05) is 6.61 Å². The molecule has 7 N–H and O–H groups in total. The van der Waals surface area contributed by atoms with E-state index < -0.39 is 55.1 Å². The predicted molar refractivity (Wildman–Crippen MR) is 151 cm³/mol. The number of ether oxygens (including phenoxy) is 2. The molecule has 0 radical (unpaired) electrons. The molecule has 0 spiro atoms. The number of fused-ring (bicyclic) bond motifs is 5. The van der Waals surface area contributed by atoms with Crippen LogP contribution in [0.1, 0.15) is 92.4 Å². The zero-order valence-corrected chi connectivity index (χ0v) is 25.6. The van der Waals surface area contributed by atoms with E-state index in [1.807, 2.05) is 0 Å². The van der Waals surface area contributed by atoms with E-state index in [4.69, 9.17) is 9.47 Å². The molecule has 1 saturated heterocycles. The van der Waals surface area contributed by atoms with E-state index in [-0.39, 0.29) is 58.9 Å². The fourth-order valence-electron chi connectivity index (χ4n) is 10.7. The molecule has 4 aliphatic carbocycles. The Hall–Kier alpha value is -0.360. The predicted octanol–water partition coefficient (Wildman–Crippen LogP) is 1.96. The van der Waals surface area contributed by atoms with Crippen LogP contribution in [0.25, 0.3) is 0 Å². The van der Waals surface area contributed by atoms with Crippen LogP contribution in [-0.2, 0) is 9.47 Å². The Morgan fingerprint density at radius 1 is 0.878 bits per heavy atom. The van der Waals surface area contributed by atoms with Crippen LogP contribution in [0.2, 0.25) is 0 Å². The second-order valence-electron chi connectivity index (χ2n) is 15.5. The molecule has 0 aromatic heterocycles. The molecule has 10 unspecified atom stereocenters. The molecule has 1 aliphatic heterocycles. The van der Waals surface area contributed by atoms with E-state index in [1.54, 1.807) is 0 Å². The van der Waals surface area contributed by atoms with Crippen molar-refractivity contribution in [1.29, 1.82) is 0 Å². The van der Waals surface area contributed by atoms with Crippen molar-refractivity contribution in [3.8, 4) is 0 Å². The van der Waals surface area contributed by atoms with Gasteiger partial charge in [-0.15, -0.1) is 0 Å². The maximum absolute atomic E-state index is 12.5. The third-order valence-electron chi connectivity index (χ3n) is 12.9. The van der Waals surface area contributed by atoms with Crippen LogP contribution in [0.4, 0.5) is 0 Å². The third kappa shape index (κ3) is 5.23. The van der Waals surface area contributed by atoms with Gasteiger partial charge >= 0.3 is 0 Å². The van der Waals surface area contributed by atoms with Gasteiger partial charge in [0, 0.05) is 12.3 Å². The van der Waals surface area contributed by atoms with E-state index >= 15 is 0 Å². The van der Waals surface area contributed by atoms with Gasteiger partial charge in [0.1, 0.15) is 18.3 Å². The summed E-state index contributed by atoms with van der Waals surface area (Å²) < 4.78 is 11.7. The Morgan fingerprint density at radius 3 is 2.20 bits per heavy atom. The minimum atomic E-state index is -1.22. The smallest absolute Gasteiger partial charge is 0.186 e. The average Bonchev–Trinajstić information content (AvgIpc) is 3.34. The molecule has 5 aliphatic rings. The van der Waals surface area contributed by atoms with Gasteiger partial charge in [-0.2, -0.15) is 0 Å². The zero-order chi connectivity index (χ0) is 30.1. The normalized spacial score (nSPS) is 53.0. The molecule has 4 saturated carbocycles. The number of hydrogen-bond donors (Lipinski definition) is 7. The van der Waals surface area contributed by atoms with Crippen LogP contribution in [0.3, 0.4) is 0 Å². The minimum absolute atomic E-state index is 0.00709. The third-order valence-corrected chi connectivity index (χ3v) is 12.9. The molecule has 0 aromatic rings. The monoisotopic (exact) mass is 584 g/mol. The first-order valence-corrected chi connectivity index (χ1v) is 16.2. The van der Waals surface area contributed by atoms with Crippen molar-refractivity contribution < 1.29 is 45.2 Å². The van der Waals surface area contributed by atoms with Crippen molar-refractivity contribution in [3.05, 3.63) is 0 Å². The van der Waals surface area contributed by atoms with Crippen LogP contribution in [-0.4, -0.2) is 97.0 Å². The van der Waals surface area contributed by atoms with E-state index in [1.165, 1.54) is 0 Å². The van der Waals surface area contributed by atoms with Crippen LogP contribution in [0, 0.1) is 46.3 Å². The SMILES string of the molecule is CC(C)C(CCC(C)C1C[C@@H](O)C2[C@]1(C)CCC1[C@@]3(C)CC[C@H](O)CC3[C@@H](O)C[C@]12O)OC1OC(CO)C(O)C1O. The summed E-state index contributed by atoms with van der Waals surface area (Å²) in [6, 6.07) is 0. The average molecular weight is 585 g/mol. The standard InChI is InChI=1S/C32H56O9/c1-16(2)23(40-29-27(38)26(37)24(15-33)41-29)7-6-17(3)19-13-21(35)28-31(19,5)11-9-25-30(4)10-8-18(34)12-20(30)22(36)14-32(25,28)39/h16-29,33-39H,6-15H2,1-5H3/t17?,18-,19?,20?,21+,22-,23?,24?,25?,26?,27?,28?,29?,30-,31+,32-/m0/s1. The first kappa shape index (κ1) is 32.0. The molecule has 9 heteroatoms. The molecule has 0 bridgehead atoms. The molecule has 9 nitrogen and oxygen atoms in total. The molecule has 0 amide bonds. The van der Waals surface area contributed by atoms with Crippen molar-refractivity contribution in [1.82, 2.24) is 0 Å². The number of aliphatic hydroxyl groups excluding tert-OH is 6. The maximum atomic E-state index is 12.5. The van der Waals surface area contributed by atoms with Gasteiger partial charge in [0.15, 0.2) is 6.29 Å². The summed E-state index contributed by atoms with van der Waals surface area (Å²) in [6.45, 7) is 10.4. The first-order chi connectivity index (χ1) is 19.2. The highest BCUT2D eigenvalue weighted by Crippen LogP contribution is 2.69. The molecule has 238 valence electrons. The summed E-state index contributed by atoms with van der Waals surface area (Å²) in [4.78, 5) is 0. The van der Waals surface area contributed by atoms with Gasteiger partial charge in [0.25, 0.3) is 0 Å². The van der Waals surface area contributed by atoms with E-state index in [2.05, 4.69) is 34.6 Å². The Morgan fingerprint density at radius 2 is 1.56 bits per heavy atom. The number of aliphatic hydroxyl groups is 7. The number of rotatable bonds is 8. The van der Waals surface area contributed by atoms with Crippen molar-refractivity contribution in [2.24, 2.45) is 46.3 Å².